The predicted octanol–water partition coefficient (Wildman–Crippen LogP) is 7.30. The van der Waals surface area contributed by atoms with Crippen LogP contribution in [0.25, 0.3) is 11.1 Å². The molecule has 2 aromatic heterocycles. The average Bonchev–Trinajstić information content (AvgIpc) is 3.53. The second-order valence-electron chi connectivity index (χ2n) is 12.6. The minimum Gasteiger partial charge on any atom is -0.481 e. The summed E-state index contributed by atoms with van der Waals surface area (Å²) in [5.74, 6) is -0.784. The van der Waals surface area contributed by atoms with Crippen molar-refractivity contribution < 1.29 is 41.0 Å². The van der Waals surface area contributed by atoms with Crippen LogP contribution >= 0.6 is 0 Å². The number of benzene rings is 2. The topological polar surface area (TPSA) is 106 Å². The van der Waals surface area contributed by atoms with Gasteiger partial charge in [-0.05, 0) is 80.0 Å². The number of rotatable bonds is 12. The van der Waals surface area contributed by atoms with Gasteiger partial charge in [0.1, 0.15) is 23.5 Å². The number of aliphatic carboxylic acids is 1. The quantitative estimate of drug-likeness (QED) is 0.118. The summed E-state index contributed by atoms with van der Waals surface area (Å²) in [6.07, 6.45) is -0.860. The van der Waals surface area contributed by atoms with E-state index >= 15 is 8.78 Å². The molecule has 2 heterocycles. The molecular formula is C37H36F6N4O4. The van der Waals surface area contributed by atoms with Crippen molar-refractivity contribution in [1.82, 2.24) is 19.4 Å². The molecule has 14 heteroatoms. The number of amides is 1. The first-order chi connectivity index (χ1) is 23.9. The van der Waals surface area contributed by atoms with Gasteiger partial charge in [-0.15, -0.1) is 5.92 Å². The lowest BCUT2D eigenvalue weighted by atomic mass is 9.88. The van der Waals surface area contributed by atoms with Crippen LogP contribution in [0.2, 0.25) is 0 Å². The third-order valence-electron chi connectivity index (χ3n) is 8.30. The molecule has 2 N–H and O–H groups in total. The van der Waals surface area contributed by atoms with Gasteiger partial charge in [-0.2, -0.15) is 13.2 Å². The normalized spacial score (nSPS) is 12.7. The van der Waals surface area contributed by atoms with Crippen molar-refractivity contribution in [2.24, 2.45) is 5.92 Å². The number of hydrogen-bond donors (Lipinski definition) is 2. The van der Waals surface area contributed by atoms with Gasteiger partial charge in [0.15, 0.2) is 0 Å². The first-order valence-corrected chi connectivity index (χ1v) is 15.9. The number of nitrogens with zero attached hydrogens (tertiary/aromatic N) is 3. The van der Waals surface area contributed by atoms with Crippen molar-refractivity contribution in [2.45, 2.75) is 78.7 Å². The first kappa shape index (κ1) is 38.5. The SMILES string of the molecule is CC#Cc1cc(F)c([C@@H](CC(=O)O)NC(=O)[C@@H](CC(C)C)n2cc(CCn3ccnc3)c(C(F)(F)F)cc2=O)c(F)c1-c1c(C)cc(F)cc1C. The van der Waals surface area contributed by atoms with Crippen LogP contribution in [0.5, 0.6) is 0 Å². The van der Waals surface area contributed by atoms with E-state index in [2.05, 4.69) is 22.1 Å². The van der Waals surface area contributed by atoms with Crippen LogP contribution in [0.15, 0.2) is 54.0 Å². The van der Waals surface area contributed by atoms with Crippen LogP contribution in [-0.2, 0) is 28.7 Å². The van der Waals surface area contributed by atoms with Gasteiger partial charge >= 0.3 is 12.1 Å². The van der Waals surface area contributed by atoms with Gasteiger partial charge in [-0.1, -0.05) is 19.8 Å². The Hall–Kier alpha value is -5.32. The van der Waals surface area contributed by atoms with Gasteiger partial charge in [0.25, 0.3) is 5.56 Å². The van der Waals surface area contributed by atoms with E-state index in [1.807, 2.05) is 0 Å². The minimum absolute atomic E-state index is 0.0648. The molecular weight excluding hydrogens is 678 g/mol. The van der Waals surface area contributed by atoms with Crippen LogP contribution in [0.4, 0.5) is 26.3 Å². The molecule has 4 aromatic rings. The fraction of sp³-hybridized carbons (Fsp3) is 0.351. The fourth-order valence-corrected chi connectivity index (χ4v) is 6.16. The van der Waals surface area contributed by atoms with Crippen LogP contribution < -0.4 is 10.9 Å². The monoisotopic (exact) mass is 714 g/mol. The third-order valence-corrected chi connectivity index (χ3v) is 8.30. The molecule has 8 nitrogen and oxygen atoms in total. The molecule has 0 radical (unpaired) electrons. The van der Waals surface area contributed by atoms with Crippen molar-refractivity contribution in [3.63, 3.8) is 0 Å². The first-order valence-electron chi connectivity index (χ1n) is 15.9. The van der Waals surface area contributed by atoms with Gasteiger partial charge in [0, 0.05) is 47.9 Å². The number of carboxylic acid groups (broad SMARTS) is 1. The zero-order chi connectivity index (χ0) is 37.8. The summed E-state index contributed by atoms with van der Waals surface area (Å²) in [7, 11) is 0. The highest BCUT2D eigenvalue weighted by Gasteiger charge is 2.36. The number of alkyl halides is 3. The number of aromatic nitrogens is 3. The van der Waals surface area contributed by atoms with E-state index in [-0.39, 0.29) is 58.7 Å². The molecule has 0 unspecified atom stereocenters. The second kappa shape index (κ2) is 15.7. The number of hydrogen-bond acceptors (Lipinski definition) is 4. The van der Waals surface area contributed by atoms with E-state index in [0.29, 0.717) is 6.07 Å². The van der Waals surface area contributed by atoms with E-state index in [1.54, 1.807) is 20.0 Å². The Kier molecular flexibility index (Phi) is 11.8. The van der Waals surface area contributed by atoms with Crippen molar-refractivity contribution in [2.75, 3.05) is 0 Å². The summed E-state index contributed by atoms with van der Waals surface area (Å²) in [5, 5.41) is 12.2. The largest absolute Gasteiger partial charge is 0.481 e. The number of carboxylic acids is 1. The third kappa shape index (κ3) is 8.89. The molecule has 0 bridgehead atoms. The number of imidazole rings is 1. The number of halogens is 6. The highest BCUT2D eigenvalue weighted by atomic mass is 19.4. The summed E-state index contributed by atoms with van der Waals surface area (Å²) >= 11 is 0. The maximum atomic E-state index is 16.7. The fourth-order valence-electron chi connectivity index (χ4n) is 6.16. The van der Waals surface area contributed by atoms with Gasteiger partial charge in [-0.3, -0.25) is 14.4 Å². The standard InChI is InChI=1S/C37H36F6N4O4/c1-6-7-23-15-27(39)34(35(40)33(23)32-21(4)13-25(38)14-22(32)5)28(17-31(49)50)45-36(51)29(12-20(2)3)47-18-24(8-10-46-11-9-44-19-46)26(16-30(47)48)37(41,42)43/h9,11,13-16,18-20,28-29H,8,10,12,17H2,1-5H3,(H,45,51)(H,49,50)/t28-,29-/m1/s1. The summed E-state index contributed by atoms with van der Waals surface area (Å²) in [6, 6.07) is 0.232. The van der Waals surface area contributed by atoms with E-state index in [1.165, 1.54) is 37.9 Å². The molecule has 4 rings (SSSR count). The molecule has 270 valence electrons. The van der Waals surface area contributed by atoms with E-state index < -0.39 is 70.7 Å². The van der Waals surface area contributed by atoms with Crippen LogP contribution in [0, 0.1) is 49.1 Å². The van der Waals surface area contributed by atoms with Gasteiger partial charge < -0.3 is 19.6 Å². The predicted molar refractivity (Wildman–Crippen MR) is 177 cm³/mol. The molecule has 0 aliphatic heterocycles. The zero-order valence-corrected chi connectivity index (χ0v) is 28.5. The van der Waals surface area contributed by atoms with E-state index in [4.69, 9.17) is 0 Å². The molecule has 0 saturated heterocycles. The molecule has 0 aliphatic carbocycles. The Morgan fingerprint density at radius 1 is 1.04 bits per heavy atom. The van der Waals surface area contributed by atoms with Crippen LogP contribution in [-0.4, -0.2) is 31.1 Å². The second-order valence-corrected chi connectivity index (χ2v) is 12.6. The number of carbonyl (C=O) groups is 2. The number of aryl methyl sites for hydroxylation is 4. The Labute approximate surface area is 290 Å². The lowest BCUT2D eigenvalue weighted by Crippen LogP contribution is -2.41. The Morgan fingerprint density at radius 3 is 2.25 bits per heavy atom. The lowest BCUT2D eigenvalue weighted by molar-refractivity contribution is -0.139. The van der Waals surface area contributed by atoms with Crippen molar-refractivity contribution in [3.05, 3.63) is 110 Å². The maximum absolute atomic E-state index is 16.7. The van der Waals surface area contributed by atoms with E-state index in [0.717, 1.165) is 29.0 Å². The summed E-state index contributed by atoms with van der Waals surface area (Å²) in [5.41, 5.74) is -3.05. The number of nitrogens with one attached hydrogen (secondary N) is 1. The molecule has 2 aromatic carbocycles. The zero-order valence-electron chi connectivity index (χ0n) is 28.5. The molecule has 2 atom stereocenters. The van der Waals surface area contributed by atoms with Crippen molar-refractivity contribution in [1.29, 1.82) is 0 Å². The summed E-state index contributed by atoms with van der Waals surface area (Å²) in [4.78, 5) is 43.2. The molecule has 0 saturated carbocycles. The van der Waals surface area contributed by atoms with Gasteiger partial charge in [-0.25, -0.2) is 18.2 Å². The molecule has 0 spiro atoms. The molecule has 0 fully saturated rings. The van der Waals surface area contributed by atoms with Crippen molar-refractivity contribution >= 4 is 11.9 Å². The van der Waals surface area contributed by atoms with Gasteiger partial charge in [0.2, 0.25) is 5.91 Å². The maximum Gasteiger partial charge on any atom is 0.416 e. The highest BCUT2D eigenvalue weighted by Crippen LogP contribution is 2.38. The van der Waals surface area contributed by atoms with Crippen LogP contribution in [0.1, 0.15) is 79.1 Å². The average molecular weight is 715 g/mol. The smallest absolute Gasteiger partial charge is 0.416 e. The lowest BCUT2D eigenvalue weighted by Gasteiger charge is -2.27. The minimum atomic E-state index is -4.90. The van der Waals surface area contributed by atoms with Crippen molar-refractivity contribution in [3.8, 4) is 23.0 Å². The summed E-state index contributed by atoms with van der Waals surface area (Å²) in [6.45, 7) is 7.90. The van der Waals surface area contributed by atoms with Crippen LogP contribution in [0.3, 0.4) is 0 Å². The summed E-state index contributed by atoms with van der Waals surface area (Å²) < 4.78 is 91.3. The molecule has 0 aliphatic rings. The molecule has 1 amide bonds. The Morgan fingerprint density at radius 2 is 1.71 bits per heavy atom. The molecule has 51 heavy (non-hydrogen) atoms. The number of pyridine rings is 1. The van der Waals surface area contributed by atoms with Gasteiger partial charge in [0.05, 0.1) is 24.4 Å². The number of carbonyl (C=O) groups excluding carboxylic acids is 1. The Bertz CT molecular complexity index is 2040. The highest BCUT2D eigenvalue weighted by molar-refractivity contribution is 5.83. The Balaban J connectivity index is 1.86. The van der Waals surface area contributed by atoms with E-state index in [9.17, 15) is 37.1 Å².